The van der Waals surface area contributed by atoms with Crippen molar-refractivity contribution >= 4 is 10.9 Å². The summed E-state index contributed by atoms with van der Waals surface area (Å²) in [5.74, 6) is 0. The van der Waals surface area contributed by atoms with Crippen molar-refractivity contribution in [2.24, 2.45) is 5.73 Å². The minimum absolute atomic E-state index is 0.770. The fourth-order valence-corrected chi connectivity index (χ4v) is 2.89. The van der Waals surface area contributed by atoms with E-state index in [2.05, 4.69) is 34.1 Å². The van der Waals surface area contributed by atoms with E-state index >= 15 is 0 Å². The number of rotatable bonds is 6. The summed E-state index contributed by atoms with van der Waals surface area (Å²) in [5.41, 5.74) is 8.13. The molecule has 2 N–H and O–H groups in total. The van der Waals surface area contributed by atoms with Crippen LogP contribution >= 0.6 is 0 Å². The number of nitrogens with two attached hydrogens (primary N) is 1. The van der Waals surface area contributed by atoms with Gasteiger partial charge in [0.1, 0.15) is 0 Å². The zero-order valence-corrected chi connectivity index (χ0v) is 12.0. The Morgan fingerprint density at radius 1 is 1.25 bits per heavy atom. The van der Waals surface area contributed by atoms with E-state index < -0.39 is 0 Å². The largest absolute Gasteiger partial charge is 0.330 e. The molecular formula is C17H23N3. The first kappa shape index (κ1) is 13.5. The van der Waals surface area contributed by atoms with Gasteiger partial charge in [-0.3, -0.25) is 9.88 Å². The van der Waals surface area contributed by atoms with Crippen LogP contribution in [-0.2, 0) is 6.54 Å². The molecule has 0 bridgehead atoms. The van der Waals surface area contributed by atoms with Crippen LogP contribution in [0.2, 0.25) is 0 Å². The highest BCUT2D eigenvalue weighted by molar-refractivity contribution is 5.78. The van der Waals surface area contributed by atoms with Gasteiger partial charge in [-0.1, -0.05) is 18.6 Å². The van der Waals surface area contributed by atoms with Crippen molar-refractivity contribution in [2.75, 3.05) is 13.1 Å². The van der Waals surface area contributed by atoms with Crippen LogP contribution in [0.25, 0.3) is 10.9 Å². The van der Waals surface area contributed by atoms with Crippen molar-refractivity contribution in [3.8, 4) is 0 Å². The van der Waals surface area contributed by atoms with Gasteiger partial charge in [0, 0.05) is 24.2 Å². The molecule has 1 saturated carbocycles. The molecular weight excluding hydrogens is 246 g/mol. The summed E-state index contributed by atoms with van der Waals surface area (Å²) in [4.78, 5) is 6.99. The molecule has 0 saturated heterocycles. The van der Waals surface area contributed by atoms with Gasteiger partial charge < -0.3 is 5.73 Å². The van der Waals surface area contributed by atoms with Gasteiger partial charge in [-0.2, -0.15) is 0 Å². The average molecular weight is 269 g/mol. The maximum Gasteiger partial charge on any atom is 0.0702 e. The molecule has 1 aromatic carbocycles. The Balaban J connectivity index is 1.74. The Morgan fingerprint density at radius 3 is 2.90 bits per heavy atom. The van der Waals surface area contributed by atoms with Gasteiger partial charge in [0.2, 0.25) is 0 Å². The van der Waals surface area contributed by atoms with Gasteiger partial charge in [-0.05, 0) is 56.1 Å². The van der Waals surface area contributed by atoms with Crippen molar-refractivity contribution in [3.05, 3.63) is 42.1 Å². The molecule has 3 rings (SSSR count). The number of fused-ring (bicyclic) bond motifs is 1. The van der Waals surface area contributed by atoms with Crippen molar-refractivity contribution in [1.82, 2.24) is 9.88 Å². The van der Waals surface area contributed by atoms with Crippen molar-refractivity contribution in [2.45, 2.75) is 38.3 Å². The number of hydrogen-bond acceptors (Lipinski definition) is 3. The molecule has 0 spiro atoms. The summed E-state index contributed by atoms with van der Waals surface area (Å²) in [5, 5.41) is 1.23. The Kier molecular flexibility index (Phi) is 4.28. The summed E-state index contributed by atoms with van der Waals surface area (Å²) in [6.07, 6.45) is 7.01. The highest BCUT2D eigenvalue weighted by Crippen LogP contribution is 2.26. The average Bonchev–Trinajstić information content (AvgIpc) is 2.43. The molecule has 1 aromatic heterocycles. The predicted octanol–water partition coefficient (Wildman–Crippen LogP) is 2.94. The highest BCUT2D eigenvalue weighted by atomic mass is 15.2. The maximum atomic E-state index is 5.67. The first-order valence-electron chi connectivity index (χ1n) is 7.64. The van der Waals surface area contributed by atoms with Gasteiger partial charge in [0.15, 0.2) is 0 Å². The van der Waals surface area contributed by atoms with Crippen LogP contribution in [0.5, 0.6) is 0 Å². The number of benzene rings is 1. The zero-order chi connectivity index (χ0) is 13.8. The van der Waals surface area contributed by atoms with E-state index in [9.17, 15) is 0 Å². The first-order chi connectivity index (χ1) is 9.86. The third-order valence-electron chi connectivity index (χ3n) is 4.29. The normalized spacial score (nSPS) is 15.7. The van der Waals surface area contributed by atoms with Gasteiger partial charge >= 0.3 is 0 Å². The topological polar surface area (TPSA) is 42.1 Å². The molecule has 0 radical (unpaired) electrons. The number of aromatic nitrogens is 1. The van der Waals surface area contributed by atoms with Crippen LogP contribution in [0.15, 0.2) is 36.5 Å². The molecule has 0 amide bonds. The van der Waals surface area contributed by atoms with Crippen LogP contribution < -0.4 is 5.73 Å². The lowest BCUT2D eigenvalue weighted by molar-refractivity contribution is 0.119. The second-order valence-electron chi connectivity index (χ2n) is 5.73. The van der Waals surface area contributed by atoms with Crippen LogP contribution in [0.3, 0.4) is 0 Å². The number of pyridine rings is 1. The molecule has 1 aliphatic carbocycles. The lowest BCUT2D eigenvalue weighted by atomic mass is 9.91. The monoisotopic (exact) mass is 269 g/mol. The van der Waals surface area contributed by atoms with E-state index in [1.807, 2.05) is 12.3 Å². The molecule has 0 unspecified atom stereocenters. The molecule has 1 fully saturated rings. The third-order valence-corrected chi connectivity index (χ3v) is 4.29. The molecule has 0 atom stereocenters. The Bertz CT molecular complexity index is 563. The Labute approximate surface area is 120 Å². The van der Waals surface area contributed by atoms with Gasteiger partial charge in [-0.25, -0.2) is 0 Å². The second-order valence-corrected chi connectivity index (χ2v) is 5.73. The van der Waals surface area contributed by atoms with Crippen LogP contribution in [0, 0.1) is 0 Å². The summed E-state index contributed by atoms with van der Waals surface area (Å²) >= 11 is 0. The molecule has 3 heteroatoms. The number of nitrogens with zero attached hydrogens (tertiary/aromatic N) is 2. The van der Waals surface area contributed by atoms with E-state index in [-0.39, 0.29) is 0 Å². The fourth-order valence-electron chi connectivity index (χ4n) is 2.89. The van der Waals surface area contributed by atoms with Gasteiger partial charge in [0.25, 0.3) is 0 Å². The standard InChI is InChI=1S/C17H23N3/c18-9-3-11-20(16-5-1-6-16)13-14-7-8-17-15(12-14)4-2-10-19-17/h2,4,7-8,10,12,16H,1,3,5-6,9,11,13,18H2. The lowest BCUT2D eigenvalue weighted by Gasteiger charge is -2.37. The van der Waals surface area contributed by atoms with Crippen LogP contribution in [0.1, 0.15) is 31.2 Å². The maximum absolute atomic E-state index is 5.67. The zero-order valence-electron chi connectivity index (χ0n) is 12.0. The first-order valence-corrected chi connectivity index (χ1v) is 7.64. The quantitative estimate of drug-likeness (QED) is 0.876. The van der Waals surface area contributed by atoms with Crippen LogP contribution in [0.4, 0.5) is 0 Å². The molecule has 1 aliphatic rings. The molecule has 2 aromatic rings. The van der Waals surface area contributed by atoms with E-state index in [1.54, 1.807) is 0 Å². The van der Waals surface area contributed by atoms with E-state index in [0.29, 0.717) is 0 Å². The smallest absolute Gasteiger partial charge is 0.0702 e. The SMILES string of the molecule is NCCCN(Cc1ccc2ncccc2c1)C1CCC1. The van der Waals surface area contributed by atoms with Crippen molar-refractivity contribution in [1.29, 1.82) is 0 Å². The molecule has 3 nitrogen and oxygen atoms in total. The molecule has 0 aliphatic heterocycles. The van der Waals surface area contributed by atoms with E-state index in [1.165, 1.54) is 30.2 Å². The lowest BCUT2D eigenvalue weighted by Crippen LogP contribution is -2.40. The van der Waals surface area contributed by atoms with E-state index in [4.69, 9.17) is 5.73 Å². The Morgan fingerprint density at radius 2 is 2.15 bits per heavy atom. The number of hydrogen-bond donors (Lipinski definition) is 1. The van der Waals surface area contributed by atoms with Gasteiger partial charge in [-0.15, -0.1) is 0 Å². The van der Waals surface area contributed by atoms with Crippen LogP contribution in [-0.4, -0.2) is 29.0 Å². The third kappa shape index (κ3) is 3.00. The van der Waals surface area contributed by atoms with Crippen molar-refractivity contribution in [3.63, 3.8) is 0 Å². The summed E-state index contributed by atoms with van der Waals surface area (Å²) in [6.45, 7) is 2.94. The fraction of sp³-hybridized carbons (Fsp3) is 0.471. The molecule has 20 heavy (non-hydrogen) atoms. The minimum atomic E-state index is 0.770. The second kappa shape index (κ2) is 6.33. The predicted molar refractivity (Wildman–Crippen MR) is 83.5 cm³/mol. The minimum Gasteiger partial charge on any atom is -0.330 e. The summed E-state index contributed by atoms with van der Waals surface area (Å²) in [6, 6.07) is 11.5. The summed E-state index contributed by atoms with van der Waals surface area (Å²) < 4.78 is 0. The molecule has 1 heterocycles. The molecule has 106 valence electrons. The van der Waals surface area contributed by atoms with E-state index in [0.717, 1.165) is 37.6 Å². The Hall–Kier alpha value is -1.45. The van der Waals surface area contributed by atoms with Gasteiger partial charge in [0.05, 0.1) is 5.52 Å². The summed E-state index contributed by atoms with van der Waals surface area (Å²) in [7, 11) is 0. The van der Waals surface area contributed by atoms with Crippen molar-refractivity contribution < 1.29 is 0 Å². The highest BCUT2D eigenvalue weighted by Gasteiger charge is 2.24.